The Morgan fingerprint density at radius 1 is 1.12 bits per heavy atom. The van der Waals surface area contributed by atoms with Crippen LogP contribution < -0.4 is 9.47 Å². The van der Waals surface area contributed by atoms with Crippen molar-refractivity contribution in [3.8, 4) is 11.5 Å². The largest absolute Gasteiger partial charge is 0.488 e. The summed E-state index contributed by atoms with van der Waals surface area (Å²) in [5.74, 6) is 1.51. The molecule has 3 heteroatoms. The molecule has 0 bridgehead atoms. The van der Waals surface area contributed by atoms with E-state index in [4.69, 9.17) is 9.47 Å². The van der Waals surface area contributed by atoms with Crippen LogP contribution >= 0.6 is 0 Å². The van der Waals surface area contributed by atoms with Gasteiger partial charge in [0, 0.05) is 17.5 Å². The first-order chi connectivity index (χ1) is 11.5. The Hall–Kier alpha value is -2.03. The lowest BCUT2D eigenvalue weighted by molar-refractivity contribution is 0.135. The highest BCUT2D eigenvalue weighted by molar-refractivity contribution is 5.47. The third-order valence-corrected chi connectivity index (χ3v) is 4.94. The molecule has 2 aromatic carbocycles. The molecule has 0 saturated heterocycles. The number of halogens is 1. The Kier molecular flexibility index (Phi) is 3.75. The lowest BCUT2D eigenvalue weighted by atomic mass is 9.91. The molecule has 2 aliphatic rings. The summed E-state index contributed by atoms with van der Waals surface area (Å²) in [5, 5.41) is 0. The highest BCUT2D eigenvalue weighted by Gasteiger charge is 2.32. The van der Waals surface area contributed by atoms with Gasteiger partial charge in [-0.05, 0) is 68.9 Å². The second-order valence-corrected chi connectivity index (χ2v) is 7.48. The zero-order valence-electron chi connectivity index (χ0n) is 14.3. The standard InChI is InChI=1S/C21H23FO2/c1-21(2)12-15-10-17(22)11-16(20(15)24-21)13-23-19-9-5-7-14-6-3-4-8-18(14)19/h5,7,9-11H,3-4,6,8,12-13H2,1-2H3. The highest BCUT2D eigenvalue weighted by Crippen LogP contribution is 2.39. The molecule has 1 heterocycles. The van der Waals surface area contributed by atoms with Crippen molar-refractivity contribution in [3.63, 3.8) is 0 Å². The second kappa shape index (κ2) is 5.80. The van der Waals surface area contributed by atoms with E-state index in [1.54, 1.807) is 6.07 Å². The van der Waals surface area contributed by atoms with Crippen LogP contribution in [0.25, 0.3) is 0 Å². The van der Waals surface area contributed by atoms with Gasteiger partial charge >= 0.3 is 0 Å². The summed E-state index contributed by atoms with van der Waals surface area (Å²) < 4.78 is 26.1. The van der Waals surface area contributed by atoms with Gasteiger partial charge in [-0.15, -0.1) is 0 Å². The van der Waals surface area contributed by atoms with Crippen molar-refractivity contribution in [2.24, 2.45) is 0 Å². The number of hydrogen-bond acceptors (Lipinski definition) is 2. The van der Waals surface area contributed by atoms with Crippen LogP contribution in [0.1, 0.15) is 48.9 Å². The second-order valence-electron chi connectivity index (χ2n) is 7.48. The summed E-state index contributed by atoms with van der Waals surface area (Å²) in [6, 6.07) is 9.38. The smallest absolute Gasteiger partial charge is 0.130 e. The van der Waals surface area contributed by atoms with Crippen molar-refractivity contribution < 1.29 is 13.9 Å². The Balaban J connectivity index is 1.60. The first-order valence-electron chi connectivity index (χ1n) is 8.76. The topological polar surface area (TPSA) is 18.5 Å². The van der Waals surface area contributed by atoms with Crippen molar-refractivity contribution >= 4 is 0 Å². The number of benzene rings is 2. The quantitative estimate of drug-likeness (QED) is 0.790. The molecule has 0 radical (unpaired) electrons. The molecule has 126 valence electrons. The highest BCUT2D eigenvalue weighted by atomic mass is 19.1. The fourth-order valence-electron chi connectivity index (χ4n) is 3.89. The molecule has 0 amide bonds. The Morgan fingerprint density at radius 3 is 2.83 bits per heavy atom. The van der Waals surface area contributed by atoms with Crippen molar-refractivity contribution in [1.29, 1.82) is 0 Å². The van der Waals surface area contributed by atoms with Gasteiger partial charge in [0.15, 0.2) is 0 Å². The summed E-state index contributed by atoms with van der Waals surface area (Å²) in [6.45, 7) is 4.40. The molecule has 0 spiro atoms. The zero-order valence-corrected chi connectivity index (χ0v) is 14.3. The molecule has 4 rings (SSSR count). The van der Waals surface area contributed by atoms with Gasteiger partial charge in [0.25, 0.3) is 0 Å². The summed E-state index contributed by atoms with van der Waals surface area (Å²) in [4.78, 5) is 0. The number of aryl methyl sites for hydroxylation is 1. The molecule has 1 aliphatic carbocycles. The van der Waals surface area contributed by atoms with Gasteiger partial charge in [0.1, 0.15) is 29.5 Å². The fourth-order valence-corrected chi connectivity index (χ4v) is 3.89. The van der Waals surface area contributed by atoms with Crippen LogP contribution in [-0.4, -0.2) is 5.60 Å². The molecule has 0 N–H and O–H groups in total. The maximum absolute atomic E-state index is 14.0. The first kappa shape index (κ1) is 15.5. The molecular weight excluding hydrogens is 303 g/mol. The van der Waals surface area contributed by atoms with E-state index < -0.39 is 0 Å². The predicted octanol–water partition coefficient (Wildman–Crippen LogP) is 5.00. The van der Waals surface area contributed by atoms with Gasteiger partial charge in [-0.1, -0.05) is 12.1 Å². The van der Waals surface area contributed by atoms with E-state index in [1.165, 1.54) is 30.0 Å². The van der Waals surface area contributed by atoms with Crippen LogP contribution in [0.2, 0.25) is 0 Å². The lowest BCUT2D eigenvalue weighted by Gasteiger charge is -2.21. The molecule has 24 heavy (non-hydrogen) atoms. The normalized spacial score (nSPS) is 17.8. The van der Waals surface area contributed by atoms with Crippen molar-refractivity contribution in [2.75, 3.05) is 0 Å². The van der Waals surface area contributed by atoms with Gasteiger partial charge in [0.05, 0.1) is 0 Å². The molecular formula is C21H23FO2. The summed E-state index contributed by atoms with van der Waals surface area (Å²) >= 11 is 0. The molecule has 0 fully saturated rings. The monoisotopic (exact) mass is 326 g/mol. The van der Waals surface area contributed by atoms with Crippen molar-refractivity contribution in [1.82, 2.24) is 0 Å². The molecule has 0 aromatic heterocycles. The van der Waals surface area contributed by atoms with Gasteiger partial charge < -0.3 is 9.47 Å². The van der Waals surface area contributed by atoms with Gasteiger partial charge in [-0.3, -0.25) is 0 Å². The van der Waals surface area contributed by atoms with E-state index in [9.17, 15) is 4.39 Å². The van der Waals surface area contributed by atoms with Crippen LogP contribution in [0.15, 0.2) is 30.3 Å². The Labute approximate surface area is 142 Å². The minimum Gasteiger partial charge on any atom is -0.488 e. The van der Waals surface area contributed by atoms with Crippen LogP contribution in [0.5, 0.6) is 11.5 Å². The van der Waals surface area contributed by atoms with E-state index in [0.29, 0.717) is 6.61 Å². The molecule has 0 atom stereocenters. The van der Waals surface area contributed by atoms with E-state index >= 15 is 0 Å². The lowest BCUT2D eigenvalue weighted by Crippen LogP contribution is -2.25. The summed E-state index contributed by atoms with van der Waals surface area (Å²) in [7, 11) is 0. The Bertz CT molecular complexity index is 780. The van der Waals surface area contributed by atoms with Crippen molar-refractivity contribution in [2.45, 2.75) is 58.2 Å². The minimum absolute atomic E-state index is 0.219. The molecule has 0 unspecified atom stereocenters. The fraction of sp³-hybridized carbons (Fsp3) is 0.429. The molecule has 2 aromatic rings. The molecule has 0 saturated carbocycles. The van der Waals surface area contributed by atoms with Gasteiger partial charge in [-0.25, -0.2) is 4.39 Å². The van der Waals surface area contributed by atoms with Gasteiger partial charge in [0.2, 0.25) is 0 Å². The van der Waals surface area contributed by atoms with Crippen molar-refractivity contribution in [3.05, 3.63) is 58.4 Å². The van der Waals surface area contributed by atoms with Gasteiger partial charge in [-0.2, -0.15) is 0 Å². The number of fused-ring (bicyclic) bond motifs is 2. The minimum atomic E-state index is -0.281. The van der Waals surface area contributed by atoms with Crippen LogP contribution in [-0.2, 0) is 25.9 Å². The molecule has 1 aliphatic heterocycles. The maximum atomic E-state index is 14.0. The predicted molar refractivity (Wildman–Crippen MR) is 92.2 cm³/mol. The number of ether oxygens (including phenoxy) is 2. The average Bonchev–Trinajstić information content (AvgIpc) is 2.86. The van der Waals surface area contributed by atoms with Crippen LogP contribution in [0, 0.1) is 5.82 Å². The van der Waals surface area contributed by atoms with E-state index in [0.717, 1.165) is 41.9 Å². The maximum Gasteiger partial charge on any atom is 0.130 e. The number of rotatable bonds is 3. The number of hydrogen-bond donors (Lipinski definition) is 0. The average molecular weight is 326 g/mol. The zero-order chi connectivity index (χ0) is 16.7. The third-order valence-electron chi connectivity index (χ3n) is 4.94. The van der Waals surface area contributed by atoms with Crippen LogP contribution in [0.3, 0.4) is 0 Å². The van der Waals surface area contributed by atoms with E-state index in [1.807, 2.05) is 19.9 Å². The molecule has 2 nitrogen and oxygen atoms in total. The SMILES string of the molecule is CC1(C)Cc2cc(F)cc(COc3cccc4c3CCCC4)c2O1. The van der Waals surface area contributed by atoms with E-state index in [2.05, 4.69) is 12.1 Å². The first-order valence-corrected chi connectivity index (χ1v) is 8.76. The Morgan fingerprint density at radius 2 is 1.96 bits per heavy atom. The third kappa shape index (κ3) is 2.88. The summed E-state index contributed by atoms with van der Waals surface area (Å²) in [6.07, 6.45) is 5.38. The van der Waals surface area contributed by atoms with Crippen LogP contribution in [0.4, 0.5) is 4.39 Å². The summed E-state index contributed by atoms with van der Waals surface area (Å²) in [5.41, 5.74) is 4.16. The van der Waals surface area contributed by atoms with E-state index in [-0.39, 0.29) is 11.4 Å².